The third-order valence-corrected chi connectivity index (χ3v) is 6.16. The fraction of sp³-hybridized carbons (Fsp3) is 0.440. The predicted molar refractivity (Wildman–Crippen MR) is 128 cm³/mol. The van der Waals surface area contributed by atoms with Crippen molar-refractivity contribution in [2.45, 2.75) is 39.4 Å². The van der Waals surface area contributed by atoms with E-state index in [4.69, 9.17) is 9.47 Å². The molecule has 0 spiro atoms. The topological polar surface area (TPSA) is 94.4 Å². The number of ether oxygens (including phenoxy) is 2. The van der Waals surface area contributed by atoms with Crippen LogP contribution in [0.5, 0.6) is 11.5 Å². The number of hydrogen-bond acceptors (Lipinski definition) is 7. The van der Waals surface area contributed by atoms with Crippen LogP contribution in [-0.2, 0) is 19.5 Å². The van der Waals surface area contributed by atoms with Crippen molar-refractivity contribution in [1.29, 1.82) is 0 Å². The summed E-state index contributed by atoms with van der Waals surface area (Å²) in [5.74, 6) is 3.26. The average molecular weight is 465 g/mol. The van der Waals surface area contributed by atoms with Gasteiger partial charge in [0.25, 0.3) is 5.91 Å². The molecule has 0 aliphatic carbocycles. The molecule has 3 aromatic rings. The van der Waals surface area contributed by atoms with E-state index in [0.717, 1.165) is 61.3 Å². The maximum Gasteiger partial charge on any atom is 0.270 e. The van der Waals surface area contributed by atoms with Crippen LogP contribution in [0.15, 0.2) is 42.6 Å². The van der Waals surface area contributed by atoms with Crippen LogP contribution in [0, 0.1) is 5.92 Å². The Labute approximate surface area is 200 Å². The van der Waals surface area contributed by atoms with Gasteiger partial charge in [-0.1, -0.05) is 26.0 Å². The molecule has 1 amide bonds. The molecule has 1 aromatic carbocycles. The standard InChI is InChI=1S/C25H32N6O3/c1-17(2)23(27-25(32)20-7-5-6-11-26-20)24-29-28-22-10-12-30(13-14-31(22)24)16-18-8-9-19(33-3)15-21(18)34-4/h5-9,11,15,17,23H,10,12-14,16H2,1-4H3,(H,27,32)/t23-/m1/s1. The minimum atomic E-state index is -0.260. The fourth-order valence-corrected chi connectivity index (χ4v) is 4.24. The number of pyridine rings is 1. The van der Waals surface area contributed by atoms with Gasteiger partial charge in [0.1, 0.15) is 23.0 Å². The third-order valence-electron chi connectivity index (χ3n) is 6.16. The molecular formula is C25H32N6O3. The van der Waals surface area contributed by atoms with Crippen molar-refractivity contribution in [3.8, 4) is 11.5 Å². The molecule has 0 radical (unpaired) electrons. The Morgan fingerprint density at radius 2 is 1.94 bits per heavy atom. The lowest BCUT2D eigenvalue weighted by Gasteiger charge is -2.23. The van der Waals surface area contributed by atoms with Gasteiger partial charge < -0.3 is 19.4 Å². The van der Waals surface area contributed by atoms with Gasteiger partial charge >= 0.3 is 0 Å². The number of fused-ring (bicyclic) bond motifs is 1. The Bertz CT molecular complexity index is 1120. The Kier molecular flexibility index (Phi) is 7.42. The molecule has 1 atom stereocenters. The van der Waals surface area contributed by atoms with Crippen LogP contribution < -0.4 is 14.8 Å². The highest BCUT2D eigenvalue weighted by molar-refractivity contribution is 5.92. The molecular weight excluding hydrogens is 432 g/mol. The molecule has 9 nitrogen and oxygen atoms in total. The summed E-state index contributed by atoms with van der Waals surface area (Å²) < 4.78 is 13.1. The number of carbonyl (C=O) groups excluding carboxylic acids is 1. The Balaban J connectivity index is 1.49. The van der Waals surface area contributed by atoms with Crippen LogP contribution in [0.1, 0.15) is 47.6 Å². The van der Waals surface area contributed by atoms with E-state index in [1.165, 1.54) is 0 Å². The summed E-state index contributed by atoms with van der Waals surface area (Å²) >= 11 is 0. The van der Waals surface area contributed by atoms with E-state index in [1.54, 1.807) is 32.5 Å². The first-order valence-electron chi connectivity index (χ1n) is 11.6. The number of methoxy groups -OCH3 is 2. The molecule has 3 heterocycles. The summed E-state index contributed by atoms with van der Waals surface area (Å²) in [5.41, 5.74) is 1.51. The van der Waals surface area contributed by atoms with Gasteiger partial charge in [-0.25, -0.2) is 0 Å². The van der Waals surface area contributed by atoms with Gasteiger partial charge in [0.15, 0.2) is 5.82 Å². The Morgan fingerprint density at radius 1 is 1.09 bits per heavy atom. The molecule has 0 saturated carbocycles. The Morgan fingerprint density at radius 3 is 2.65 bits per heavy atom. The largest absolute Gasteiger partial charge is 0.497 e. The van der Waals surface area contributed by atoms with E-state index in [-0.39, 0.29) is 17.9 Å². The van der Waals surface area contributed by atoms with E-state index >= 15 is 0 Å². The van der Waals surface area contributed by atoms with Gasteiger partial charge in [-0.15, -0.1) is 10.2 Å². The number of carbonyl (C=O) groups is 1. The summed E-state index contributed by atoms with van der Waals surface area (Å²) in [7, 11) is 3.33. The SMILES string of the molecule is COc1ccc(CN2CCc3nnc([C@H](NC(=O)c4ccccn4)C(C)C)n3CC2)c(OC)c1. The molecule has 9 heteroatoms. The molecule has 0 fully saturated rings. The molecule has 0 unspecified atom stereocenters. The van der Waals surface area contributed by atoms with Crippen molar-refractivity contribution in [3.63, 3.8) is 0 Å². The van der Waals surface area contributed by atoms with Crippen LogP contribution in [0.3, 0.4) is 0 Å². The monoisotopic (exact) mass is 464 g/mol. The van der Waals surface area contributed by atoms with E-state index in [9.17, 15) is 4.79 Å². The van der Waals surface area contributed by atoms with Crippen LogP contribution in [0.25, 0.3) is 0 Å². The zero-order valence-electron chi connectivity index (χ0n) is 20.2. The zero-order chi connectivity index (χ0) is 24.1. The van der Waals surface area contributed by atoms with Crippen molar-refractivity contribution >= 4 is 5.91 Å². The number of benzene rings is 1. The van der Waals surface area contributed by atoms with E-state index in [2.05, 4.69) is 49.9 Å². The molecule has 34 heavy (non-hydrogen) atoms. The van der Waals surface area contributed by atoms with Crippen molar-refractivity contribution in [1.82, 2.24) is 30.0 Å². The van der Waals surface area contributed by atoms with E-state index in [1.807, 2.05) is 18.2 Å². The molecule has 180 valence electrons. The number of nitrogens with zero attached hydrogens (tertiary/aromatic N) is 5. The smallest absolute Gasteiger partial charge is 0.270 e. The first kappa shape index (κ1) is 23.7. The quantitative estimate of drug-likeness (QED) is 0.548. The number of aromatic nitrogens is 4. The molecule has 1 aliphatic rings. The number of rotatable bonds is 8. The summed E-state index contributed by atoms with van der Waals surface area (Å²) in [5, 5.41) is 12.1. The molecule has 1 N–H and O–H groups in total. The second kappa shape index (κ2) is 10.6. The highest BCUT2D eigenvalue weighted by atomic mass is 16.5. The Hall–Kier alpha value is -3.46. The van der Waals surface area contributed by atoms with Gasteiger partial charge in [0.2, 0.25) is 0 Å². The van der Waals surface area contributed by atoms with Gasteiger partial charge in [-0.05, 0) is 24.1 Å². The highest BCUT2D eigenvalue weighted by Crippen LogP contribution is 2.27. The first-order chi connectivity index (χ1) is 16.5. The second-order valence-electron chi connectivity index (χ2n) is 8.74. The van der Waals surface area contributed by atoms with Crippen LogP contribution in [0.2, 0.25) is 0 Å². The van der Waals surface area contributed by atoms with Gasteiger partial charge in [-0.3, -0.25) is 14.7 Å². The molecule has 0 saturated heterocycles. The predicted octanol–water partition coefficient (Wildman–Crippen LogP) is 2.88. The fourth-order valence-electron chi connectivity index (χ4n) is 4.24. The lowest BCUT2D eigenvalue weighted by molar-refractivity contribution is 0.0916. The highest BCUT2D eigenvalue weighted by Gasteiger charge is 2.28. The molecule has 1 aliphatic heterocycles. The van der Waals surface area contributed by atoms with Crippen LogP contribution in [-0.4, -0.2) is 57.9 Å². The minimum absolute atomic E-state index is 0.142. The zero-order valence-corrected chi connectivity index (χ0v) is 20.2. The van der Waals surface area contributed by atoms with Gasteiger partial charge in [-0.2, -0.15) is 0 Å². The lowest BCUT2D eigenvalue weighted by Crippen LogP contribution is -2.34. The third kappa shape index (κ3) is 5.20. The van der Waals surface area contributed by atoms with Gasteiger partial charge in [0, 0.05) is 50.4 Å². The maximum atomic E-state index is 12.8. The number of nitrogens with one attached hydrogen (secondary N) is 1. The molecule has 2 aromatic heterocycles. The first-order valence-corrected chi connectivity index (χ1v) is 11.6. The van der Waals surface area contributed by atoms with Crippen molar-refractivity contribution < 1.29 is 14.3 Å². The summed E-state index contributed by atoms with van der Waals surface area (Å²) in [6, 6.07) is 11.0. The minimum Gasteiger partial charge on any atom is -0.497 e. The van der Waals surface area contributed by atoms with Crippen LogP contribution in [0.4, 0.5) is 0 Å². The van der Waals surface area contributed by atoms with E-state index in [0.29, 0.717) is 5.69 Å². The normalized spacial score (nSPS) is 14.9. The molecule has 0 bridgehead atoms. The van der Waals surface area contributed by atoms with Crippen molar-refractivity contribution in [2.75, 3.05) is 27.3 Å². The van der Waals surface area contributed by atoms with Crippen molar-refractivity contribution in [3.05, 3.63) is 65.5 Å². The van der Waals surface area contributed by atoms with Crippen molar-refractivity contribution in [2.24, 2.45) is 5.92 Å². The number of hydrogen-bond donors (Lipinski definition) is 1. The van der Waals surface area contributed by atoms with Gasteiger partial charge in [0.05, 0.1) is 20.3 Å². The van der Waals surface area contributed by atoms with Crippen LogP contribution >= 0.6 is 0 Å². The maximum absolute atomic E-state index is 12.8. The molecule has 4 rings (SSSR count). The van der Waals surface area contributed by atoms with E-state index < -0.39 is 0 Å². The lowest BCUT2D eigenvalue weighted by atomic mass is 10.0. The summed E-state index contributed by atoms with van der Waals surface area (Å²) in [4.78, 5) is 19.4. The number of amides is 1. The average Bonchev–Trinajstić information content (AvgIpc) is 3.15. The second-order valence-corrected chi connectivity index (χ2v) is 8.74. The summed E-state index contributed by atoms with van der Waals surface area (Å²) in [6.45, 7) is 7.36. The summed E-state index contributed by atoms with van der Waals surface area (Å²) in [6.07, 6.45) is 2.40.